The third kappa shape index (κ3) is 3.39. The summed E-state index contributed by atoms with van der Waals surface area (Å²) in [5.41, 5.74) is 2.16. The minimum absolute atomic E-state index is 0.000448. The maximum atomic E-state index is 12.6. The van der Waals surface area contributed by atoms with Gasteiger partial charge >= 0.3 is 6.01 Å². The first kappa shape index (κ1) is 16.9. The molecule has 1 amide bonds. The van der Waals surface area contributed by atoms with E-state index in [0.29, 0.717) is 31.3 Å². The van der Waals surface area contributed by atoms with Gasteiger partial charge in [0.05, 0.1) is 25.3 Å². The number of nitrogens with zero attached hydrogens (tertiary/aromatic N) is 4. The van der Waals surface area contributed by atoms with E-state index in [2.05, 4.69) is 15.0 Å². The van der Waals surface area contributed by atoms with Crippen LogP contribution in [0.1, 0.15) is 34.5 Å². The third-order valence-electron chi connectivity index (χ3n) is 4.86. The number of rotatable bonds is 3. The van der Waals surface area contributed by atoms with Crippen LogP contribution in [0, 0.1) is 13.8 Å². The number of likely N-dealkylation sites (tertiary alicyclic amines) is 1. The van der Waals surface area contributed by atoms with Gasteiger partial charge in [-0.1, -0.05) is 0 Å². The Kier molecular flexibility index (Phi) is 4.32. The molecule has 0 unspecified atom stereocenters. The van der Waals surface area contributed by atoms with Crippen molar-refractivity contribution in [1.29, 1.82) is 0 Å². The Hall–Kier alpha value is -2.54. The number of aryl methyl sites for hydroxylation is 2. The van der Waals surface area contributed by atoms with Crippen molar-refractivity contribution in [2.24, 2.45) is 0 Å². The maximum absolute atomic E-state index is 12.6. The highest BCUT2D eigenvalue weighted by Gasteiger charge is 2.50. The largest absolute Gasteiger partial charge is 0.460 e. The van der Waals surface area contributed by atoms with Crippen LogP contribution in [-0.4, -0.2) is 57.2 Å². The van der Waals surface area contributed by atoms with Crippen molar-refractivity contribution in [3.63, 3.8) is 0 Å². The zero-order valence-corrected chi connectivity index (χ0v) is 15.0. The minimum Gasteiger partial charge on any atom is -0.460 e. The van der Waals surface area contributed by atoms with Crippen molar-refractivity contribution in [2.75, 3.05) is 19.7 Å². The lowest BCUT2D eigenvalue weighted by atomic mass is 9.84. The molecule has 26 heavy (non-hydrogen) atoms. The normalized spacial score (nSPS) is 21.3. The summed E-state index contributed by atoms with van der Waals surface area (Å²) < 4.78 is 12.0. The average Bonchev–Trinajstić information content (AvgIpc) is 2.59. The van der Waals surface area contributed by atoms with Crippen molar-refractivity contribution in [3.8, 4) is 6.01 Å². The van der Waals surface area contributed by atoms with Gasteiger partial charge in [-0.2, -0.15) is 0 Å². The number of hydrogen-bond donors (Lipinski definition) is 0. The van der Waals surface area contributed by atoms with Crippen LogP contribution in [0.15, 0.2) is 30.7 Å². The zero-order valence-electron chi connectivity index (χ0n) is 15.0. The summed E-state index contributed by atoms with van der Waals surface area (Å²) in [4.78, 5) is 27.0. The van der Waals surface area contributed by atoms with Crippen LogP contribution in [0.25, 0.3) is 0 Å². The predicted molar refractivity (Wildman–Crippen MR) is 94.0 cm³/mol. The molecule has 2 aliphatic rings. The van der Waals surface area contributed by atoms with E-state index in [9.17, 15) is 4.79 Å². The van der Waals surface area contributed by atoms with E-state index in [-0.39, 0.29) is 17.6 Å². The van der Waals surface area contributed by atoms with Gasteiger partial charge < -0.3 is 14.4 Å². The van der Waals surface area contributed by atoms with E-state index in [1.165, 1.54) is 0 Å². The number of aromatic nitrogens is 3. The van der Waals surface area contributed by atoms with E-state index >= 15 is 0 Å². The van der Waals surface area contributed by atoms with Gasteiger partial charge in [-0.05, 0) is 31.5 Å². The lowest BCUT2D eigenvalue weighted by Crippen LogP contribution is -2.67. The first-order valence-corrected chi connectivity index (χ1v) is 8.84. The van der Waals surface area contributed by atoms with E-state index in [0.717, 1.165) is 24.1 Å². The first-order valence-electron chi connectivity index (χ1n) is 8.84. The molecule has 4 rings (SSSR count). The van der Waals surface area contributed by atoms with E-state index < -0.39 is 0 Å². The standard InChI is InChI=1S/C19H22N4O3/c1-13-7-15(10-20-9-13)17(24)23-11-19(12-23)8-16(4-6-25-19)26-18-21-5-3-14(2)22-18/h3,5,7,9-10,16H,4,6,8,11-12H2,1-2H3/t16-/m0/s1. The molecule has 4 heterocycles. The summed E-state index contributed by atoms with van der Waals surface area (Å²) in [7, 11) is 0. The zero-order chi connectivity index (χ0) is 18.1. The molecule has 0 saturated carbocycles. The molecule has 136 valence electrons. The molecule has 2 aliphatic heterocycles. The maximum Gasteiger partial charge on any atom is 0.316 e. The molecule has 2 aromatic rings. The Morgan fingerprint density at radius 3 is 2.96 bits per heavy atom. The van der Waals surface area contributed by atoms with Crippen LogP contribution in [-0.2, 0) is 4.74 Å². The molecule has 2 fully saturated rings. The smallest absolute Gasteiger partial charge is 0.316 e. The molecule has 0 N–H and O–H groups in total. The van der Waals surface area contributed by atoms with Crippen molar-refractivity contribution >= 4 is 5.91 Å². The number of carbonyl (C=O) groups is 1. The molecule has 7 heteroatoms. The van der Waals surface area contributed by atoms with Crippen molar-refractivity contribution in [3.05, 3.63) is 47.5 Å². The third-order valence-corrected chi connectivity index (χ3v) is 4.86. The number of carbonyl (C=O) groups excluding carboxylic acids is 1. The van der Waals surface area contributed by atoms with Crippen LogP contribution in [0.2, 0.25) is 0 Å². The molecular weight excluding hydrogens is 332 g/mol. The minimum atomic E-state index is -0.320. The van der Waals surface area contributed by atoms with Crippen LogP contribution >= 0.6 is 0 Å². The fraction of sp³-hybridized carbons (Fsp3) is 0.474. The van der Waals surface area contributed by atoms with E-state index in [1.807, 2.05) is 30.9 Å². The molecule has 7 nitrogen and oxygen atoms in total. The van der Waals surface area contributed by atoms with E-state index in [4.69, 9.17) is 9.47 Å². The molecule has 0 aromatic carbocycles. The number of amides is 1. The van der Waals surface area contributed by atoms with Crippen LogP contribution in [0.5, 0.6) is 6.01 Å². The molecule has 1 atom stereocenters. The molecule has 2 saturated heterocycles. The monoisotopic (exact) mass is 354 g/mol. The van der Waals surface area contributed by atoms with Crippen LogP contribution in [0.4, 0.5) is 0 Å². The molecule has 0 bridgehead atoms. The summed E-state index contributed by atoms with van der Waals surface area (Å²) in [5, 5.41) is 0. The Balaban J connectivity index is 1.37. The SMILES string of the molecule is Cc1cncc(C(=O)N2CC3(C[C@@H](Oc4nccc(C)n4)CCO3)C2)c1. The van der Waals surface area contributed by atoms with Gasteiger partial charge in [0.2, 0.25) is 0 Å². The number of hydrogen-bond acceptors (Lipinski definition) is 6. The summed E-state index contributed by atoms with van der Waals surface area (Å²) in [6.07, 6.45) is 6.60. The first-order chi connectivity index (χ1) is 12.5. The van der Waals surface area contributed by atoms with Gasteiger partial charge in [-0.25, -0.2) is 9.97 Å². The van der Waals surface area contributed by atoms with E-state index in [1.54, 1.807) is 18.6 Å². The summed E-state index contributed by atoms with van der Waals surface area (Å²) in [5.74, 6) is 0.000448. The molecule has 0 radical (unpaired) electrons. The predicted octanol–water partition coefficient (Wildman–Crippen LogP) is 1.94. The van der Waals surface area contributed by atoms with Crippen LogP contribution < -0.4 is 4.74 Å². The number of pyridine rings is 1. The summed E-state index contributed by atoms with van der Waals surface area (Å²) in [6.45, 7) is 5.61. The Morgan fingerprint density at radius 1 is 1.35 bits per heavy atom. The second-order valence-corrected chi connectivity index (χ2v) is 7.16. The van der Waals surface area contributed by atoms with Gasteiger partial charge in [-0.15, -0.1) is 0 Å². The topological polar surface area (TPSA) is 77.4 Å². The van der Waals surface area contributed by atoms with Gasteiger partial charge in [0.1, 0.15) is 11.7 Å². The van der Waals surface area contributed by atoms with Gasteiger partial charge in [0.15, 0.2) is 0 Å². The lowest BCUT2D eigenvalue weighted by Gasteiger charge is -2.52. The number of ether oxygens (including phenoxy) is 2. The summed E-state index contributed by atoms with van der Waals surface area (Å²) >= 11 is 0. The average molecular weight is 354 g/mol. The second kappa shape index (κ2) is 6.64. The highest BCUT2D eigenvalue weighted by molar-refractivity contribution is 5.94. The van der Waals surface area contributed by atoms with Crippen molar-refractivity contribution in [1.82, 2.24) is 19.9 Å². The highest BCUT2D eigenvalue weighted by atomic mass is 16.5. The fourth-order valence-electron chi connectivity index (χ4n) is 3.58. The van der Waals surface area contributed by atoms with Gasteiger partial charge in [0, 0.05) is 37.1 Å². The Bertz CT molecular complexity index is 820. The highest BCUT2D eigenvalue weighted by Crippen LogP contribution is 2.36. The van der Waals surface area contributed by atoms with Crippen molar-refractivity contribution < 1.29 is 14.3 Å². The van der Waals surface area contributed by atoms with Crippen molar-refractivity contribution in [2.45, 2.75) is 38.4 Å². The molecular formula is C19H22N4O3. The molecule has 2 aromatic heterocycles. The Morgan fingerprint density at radius 2 is 2.19 bits per heavy atom. The second-order valence-electron chi connectivity index (χ2n) is 7.16. The van der Waals surface area contributed by atoms with Gasteiger partial charge in [-0.3, -0.25) is 9.78 Å². The Labute approximate surface area is 152 Å². The molecule has 0 aliphatic carbocycles. The fourth-order valence-corrected chi connectivity index (χ4v) is 3.58. The molecule has 1 spiro atoms. The summed E-state index contributed by atoms with van der Waals surface area (Å²) in [6, 6.07) is 4.11. The quantitative estimate of drug-likeness (QED) is 0.838. The van der Waals surface area contributed by atoms with Crippen LogP contribution in [0.3, 0.4) is 0 Å². The lowest BCUT2D eigenvalue weighted by molar-refractivity contribution is -0.174. The van der Waals surface area contributed by atoms with Gasteiger partial charge in [0.25, 0.3) is 5.91 Å².